The second-order valence-electron chi connectivity index (χ2n) is 3.77. The molecule has 0 aliphatic heterocycles. The van der Waals surface area contributed by atoms with Crippen molar-refractivity contribution in [3.05, 3.63) is 41.8 Å². The highest BCUT2D eigenvalue weighted by atomic mass is 19.1. The number of carboxylic acid groups (broad SMARTS) is 1. The molecule has 1 heterocycles. The first kappa shape index (κ1) is 11.3. The summed E-state index contributed by atoms with van der Waals surface area (Å²) < 4.78 is 13.1. The van der Waals surface area contributed by atoms with Gasteiger partial charge in [-0.1, -0.05) is 12.1 Å². The summed E-state index contributed by atoms with van der Waals surface area (Å²) in [7, 11) is 0. The van der Waals surface area contributed by atoms with Crippen molar-refractivity contribution in [3.8, 4) is 11.3 Å². The van der Waals surface area contributed by atoms with Gasteiger partial charge in [-0.3, -0.25) is 9.89 Å². The van der Waals surface area contributed by atoms with E-state index in [1.807, 2.05) is 0 Å². The highest BCUT2D eigenvalue weighted by Gasteiger charge is 2.20. The van der Waals surface area contributed by atoms with Crippen molar-refractivity contribution >= 4 is 5.97 Å². The Morgan fingerprint density at radius 3 is 2.94 bits per heavy atom. The van der Waals surface area contributed by atoms with Crippen molar-refractivity contribution in [2.24, 2.45) is 0 Å². The molecule has 0 saturated heterocycles. The minimum atomic E-state index is -0.941. The predicted octanol–water partition coefficient (Wildman–Crippen LogP) is 2.40. The van der Waals surface area contributed by atoms with Crippen LogP contribution in [0.1, 0.15) is 18.4 Å². The number of benzene rings is 1. The molecule has 0 aliphatic carbocycles. The zero-order chi connectivity index (χ0) is 12.4. The lowest BCUT2D eigenvalue weighted by Crippen LogP contribution is -2.07. The number of carbonyl (C=O) groups is 1. The molecule has 1 atom stereocenters. The number of rotatable bonds is 3. The van der Waals surface area contributed by atoms with Crippen LogP contribution in [-0.2, 0) is 4.79 Å². The minimum absolute atomic E-state index is 0.369. The lowest BCUT2D eigenvalue weighted by atomic mass is 9.98. The first-order valence-corrected chi connectivity index (χ1v) is 5.11. The van der Waals surface area contributed by atoms with Crippen LogP contribution in [0.3, 0.4) is 0 Å². The lowest BCUT2D eigenvalue weighted by Gasteiger charge is -2.07. The van der Waals surface area contributed by atoms with Crippen LogP contribution in [0.15, 0.2) is 30.5 Å². The number of carboxylic acids is 1. The summed E-state index contributed by atoms with van der Waals surface area (Å²) in [6, 6.07) is 5.95. The van der Waals surface area contributed by atoms with Crippen LogP contribution in [0, 0.1) is 5.82 Å². The molecule has 0 fully saturated rings. The number of nitrogens with one attached hydrogen (secondary N) is 1. The van der Waals surface area contributed by atoms with Gasteiger partial charge < -0.3 is 5.11 Å². The first-order chi connectivity index (χ1) is 8.09. The average Bonchev–Trinajstić information content (AvgIpc) is 2.76. The van der Waals surface area contributed by atoms with E-state index in [0.717, 1.165) is 0 Å². The Morgan fingerprint density at radius 1 is 1.53 bits per heavy atom. The van der Waals surface area contributed by atoms with Crippen LogP contribution in [0.2, 0.25) is 0 Å². The summed E-state index contributed by atoms with van der Waals surface area (Å²) >= 11 is 0. The molecule has 4 nitrogen and oxygen atoms in total. The third-order valence-corrected chi connectivity index (χ3v) is 2.62. The van der Waals surface area contributed by atoms with Gasteiger partial charge in [-0.05, 0) is 19.1 Å². The molecule has 17 heavy (non-hydrogen) atoms. The fourth-order valence-corrected chi connectivity index (χ4v) is 1.63. The van der Waals surface area contributed by atoms with Gasteiger partial charge in [-0.25, -0.2) is 4.39 Å². The van der Waals surface area contributed by atoms with E-state index in [1.165, 1.54) is 18.3 Å². The normalized spacial score (nSPS) is 12.4. The molecule has 0 saturated carbocycles. The zero-order valence-corrected chi connectivity index (χ0v) is 9.14. The molecule has 5 heteroatoms. The summed E-state index contributed by atoms with van der Waals surface area (Å²) in [6.45, 7) is 1.57. The fraction of sp³-hybridized carbons (Fsp3) is 0.167. The number of hydrogen-bond acceptors (Lipinski definition) is 2. The minimum Gasteiger partial charge on any atom is -0.481 e. The Balaban J connectivity index is 2.47. The Morgan fingerprint density at radius 2 is 2.29 bits per heavy atom. The van der Waals surface area contributed by atoms with Crippen LogP contribution in [0.5, 0.6) is 0 Å². The van der Waals surface area contributed by atoms with Gasteiger partial charge >= 0.3 is 5.97 Å². The van der Waals surface area contributed by atoms with Crippen LogP contribution in [-0.4, -0.2) is 21.3 Å². The Hall–Kier alpha value is -2.17. The smallest absolute Gasteiger partial charge is 0.310 e. The van der Waals surface area contributed by atoms with Crippen LogP contribution in [0.25, 0.3) is 11.3 Å². The van der Waals surface area contributed by atoms with E-state index in [-0.39, 0.29) is 5.82 Å². The van der Waals surface area contributed by atoms with E-state index >= 15 is 0 Å². The van der Waals surface area contributed by atoms with Gasteiger partial charge in [0.25, 0.3) is 0 Å². The molecule has 0 radical (unpaired) electrons. The topological polar surface area (TPSA) is 66.0 Å². The summed E-state index contributed by atoms with van der Waals surface area (Å²) in [5, 5.41) is 15.5. The second-order valence-corrected chi connectivity index (χ2v) is 3.77. The van der Waals surface area contributed by atoms with Gasteiger partial charge in [-0.15, -0.1) is 0 Å². The number of aromatic nitrogens is 2. The maximum atomic E-state index is 13.1. The molecule has 0 amide bonds. The molecule has 2 N–H and O–H groups in total. The average molecular weight is 234 g/mol. The Kier molecular flexibility index (Phi) is 2.91. The molecule has 0 aliphatic rings. The fourth-order valence-electron chi connectivity index (χ4n) is 1.63. The van der Waals surface area contributed by atoms with Crippen molar-refractivity contribution in [2.75, 3.05) is 0 Å². The Labute approximate surface area is 97.1 Å². The summed E-state index contributed by atoms with van der Waals surface area (Å²) in [4.78, 5) is 10.9. The lowest BCUT2D eigenvalue weighted by molar-refractivity contribution is -0.138. The third kappa shape index (κ3) is 2.18. The molecule has 2 aromatic rings. The van der Waals surface area contributed by atoms with Gasteiger partial charge in [0.1, 0.15) is 5.82 Å². The number of aromatic amines is 1. The van der Waals surface area contributed by atoms with E-state index in [2.05, 4.69) is 10.2 Å². The molecule has 1 aromatic carbocycles. The van der Waals surface area contributed by atoms with E-state index in [9.17, 15) is 9.18 Å². The standard InChI is InChI=1S/C12H11FN2O2/c1-7(12(16)17)10-6-14-15-11(10)8-3-2-4-9(13)5-8/h2-7H,1H3,(H,14,15)(H,16,17). The van der Waals surface area contributed by atoms with Gasteiger partial charge in [0.2, 0.25) is 0 Å². The highest BCUT2D eigenvalue weighted by molar-refractivity contribution is 5.79. The van der Waals surface area contributed by atoms with Crippen LogP contribution in [0.4, 0.5) is 4.39 Å². The van der Waals surface area contributed by atoms with Crippen molar-refractivity contribution in [3.63, 3.8) is 0 Å². The third-order valence-electron chi connectivity index (χ3n) is 2.62. The largest absolute Gasteiger partial charge is 0.481 e. The number of nitrogens with zero attached hydrogens (tertiary/aromatic N) is 1. The number of aliphatic carboxylic acids is 1. The zero-order valence-electron chi connectivity index (χ0n) is 9.14. The summed E-state index contributed by atoms with van der Waals surface area (Å²) in [5.41, 5.74) is 1.67. The van der Waals surface area contributed by atoms with Crippen LogP contribution < -0.4 is 0 Å². The predicted molar refractivity (Wildman–Crippen MR) is 60.0 cm³/mol. The van der Waals surface area contributed by atoms with Crippen molar-refractivity contribution < 1.29 is 14.3 Å². The van der Waals surface area contributed by atoms with Crippen molar-refractivity contribution in [2.45, 2.75) is 12.8 Å². The van der Waals surface area contributed by atoms with Crippen LogP contribution >= 0.6 is 0 Å². The van der Waals surface area contributed by atoms with Gasteiger partial charge in [0.05, 0.1) is 17.8 Å². The number of hydrogen-bond donors (Lipinski definition) is 2. The molecule has 2 rings (SSSR count). The van der Waals surface area contributed by atoms with Gasteiger partial charge in [-0.2, -0.15) is 5.10 Å². The van der Waals surface area contributed by atoms with E-state index in [4.69, 9.17) is 5.11 Å². The van der Waals surface area contributed by atoms with Crippen molar-refractivity contribution in [1.29, 1.82) is 0 Å². The maximum absolute atomic E-state index is 13.1. The molecule has 88 valence electrons. The first-order valence-electron chi connectivity index (χ1n) is 5.11. The monoisotopic (exact) mass is 234 g/mol. The maximum Gasteiger partial charge on any atom is 0.310 e. The van der Waals surface area contributed by atoms with E-state index in [1.54, 1.807) is 19.1 Å². The number of H-pyrrole nitrogens is 1. The van der Waals surface area contributed by atoms with Crippen molar-refractivity contribution in [1.82, 2.24) is 10.2 Å². The Bertz CT molecular complexity index is 551. The molecular formula is C12H11FN2O2. The molecule has 0 spiro atoms. The van der Waals surface area contributed by atoms with Gasteiger partial charge in [0, 0.05) is 11.1 Å². The quantitative estimate of drug-likeness (QED) is 0.857. The molecule has 1 unspecified atom stereocenters. The molecule has 0 bridgehead atoms. The summed E-state index contributed by atoms with van der Waals surface area (Å²) in [6.07, 6.45) is 1.46. The highest BCUT2D eigenvalue weighted by Crippen LogP contribution is 2.27. The number of halogens is 1. The van der Waals surface area contributed by atoms with E-state index < -0.39 is 11.9 Å². The SMILES string of the molecule is CC(C(=O)O)c1cn[nH]c1-c1cccc(F)c1. The van der Waals surface area contributed by atoms with E-state index in [0.29, 0.717) is 16.8 Å². The molecular weight excluding hydrogens is 223 g/mol. The van der Waals surface area contributed by atoms with Gasteiger partial charge in [0.15, 0.2) is 0 Å². The summed E-state index contributed by atoms with van der Waals surface area (Å²) in [5.74, 6) is -2.00. The second kappa shape index (κ2) is 4.37. The molecule has 1 aromatic heterocycles.